The highest BCUT2D eigenvalue weighted by atomic mass is 35.5. The number of aromatic nitrogens is 2. The molecule has 0 radical (unpaired) electrons. The molecule has 1 aromatic heterocycles. The number of nitrogens with zero attached hydrogens (tertiary/aromatic N) is 5. The van der Waals surface area contributed by atoms with Gasteiger partial charge in [0.1, 0.15) is 36.2 Å². The van der Waals surface area contributed by atoms with Gasteiger partial charge in [0, 0.05) is 45.5 Å². The van der Waals surface area contributed by atoms with Crippen LogP contribution >= 0.6 is 11.6 Å². The summed E-state index contributed by atoms with van der Waals surface area (Å²) in [6.07, 6.45) is 2.73. The molecule has 0 aliphatic carbocycles. The van der Waals surface area contributed by atoms with Gasteiger partial charge in [-0.2, -0.15) is 0 Å². The molecule has 3 N–H and O–H groups in total. The van der Waals surface area contributed by atoms with Crippen LogP contribution in [-0.4, -0.2) is 94.9 Å². The predicted molar refractivity (Wildman–Crippen MR) is 131 cm³/mol. The Morgan fingerprint density at radius 1 is 1.20 bits per heavy atom. The molecule has 11 nitrogen and oxygen atoms in total. The van der Waals surface area contributed by atoms with Gasteiger partial charge >= 0.3 is 0 Å². The molecule has 35 heavy (non-hydrogen) atoms. The Kier molecular flexibility index (Phi) is 6.54. The number of aliphatic hydroxyl groups excluding tert-OH is 1. The number of hydrogen-bond acceptors (Lipinski definition) is 9. The van der Waals surface area contributed by atoms with Crippen LogP contribution in [0.5, 0.6) is 5.75 Å². The minimum atomic E-state index is -0.680. The van der Waals surface area contributed by atoms with Gasteiger partial charge in [0.2, 0.25) is 11.8 Å². The maximum atomic E-state index is 13.2. The van der Waals surface area contributed by atoms with E-state index >= 15 is 0 Å². The first-order valence-electron chi connectivity index (χ1n) is 11.4. The van der Waals surface area contributed by atoms with Crippen molar-refractivity contribution in [1.82, 2.24) is 19.8 Å². The lowest BCUT2D eigenvalue weighted by Crippen LogP contribution is -2.46. The van der Waals surface area contributed by atoms with Gasteiger partial charge in [-0.1, -0.05) is 11.6 Å². The number of rotatable bonds is 0. The van der Waals surface area contributed by atoms with Crippen molar-refractivity contribution in [3.8, 4) is 5.75 Å². The van der Waals surface area contributed by atoms with Crippen LogP contribution in [0.1, 0.15) is 17.9 Å². The van der Waals surface area contributed by atoms with Crippen molar-refractivity contribution in [3.05, 3.63) is 35.1 Å². The lowest BCUT2D eigenvalue weighted by molar-refractivity contribution is -0.134. The number of carbonyl (C=O) groups is 2. The molecular weight excluding hydrogens is 474 g/mol. The second-order valence-electron chi connectivity index (χ2n) is 8.78. The summed E-state index contributed by atoms with van der Waals surface area (Å²) in [7, 11) is 1.73. The molecular formula is C23H26ClN7O4. The number of ether oxygens (including phenoxy) is 1. The van der Waals surface area contributed by atoms with Crippen LogP contribution in [0.25, 0.3) is 0 Å². The van der Waals surface area contributed by atoms with E-state index in [1.165, 1.54) is 6.33 Å². The highest BCUT2D eigenvalue weighted by Gasteiger charge is 2.37. The number of halogens is 1. The topological polar surface area (TPSA) is 132 Å². The quantitative estimate of drug-likeness (QED) is 0.493. The van der Waals surface area contributed by atoms with Crippen LogP contribution < -0.4 is 15.4 Å². The average Bonchev–Trinajstić information content (AvgIpc) is 3.37. The van der Waals surface area contributed by atoms with Crippen molar-refractivity contribution in [2.45, 2.75) is 24.5 Å². The van der Waals surface area contributed by atoms with Crippen molar-refractivity contribution < 1.29 is 19.4 Å². The zero-order chi connectivity index (χ0) is 24.5. The van der Waals surface area contributed by atoms with E-state index < -0.39 is 18.1 Å². The zero-order valence-electron chi connectivity index (χ0n) is 19.1. The van der Waals surface area contributed by atoms with Crippen molar-refractivity contribution >= 4 is 47.0 Å². The highest BCUT2D eigenvalue weighted by Crippen LogP contribution is 2.35. The van der Waals surface area contributed by atoms with E-state index in [2.05, 4.69) is 25.6 Å². The number of hydrogen-bond donors (Lipinski definition) is 3. The summed E-state index contributed by atoms with van der Waals surface area (Å²) in [5, 5.41) is 16.6. The first kappa shape index (κ1) is 23.5. The van der Waals surface area contributed by atoms with Gasteiger partial charge in [-0.3, -0.25) is 19.5 Å². The molecule has 2 bridgehead atoms. The number of aliphatic imine (C=N–C) groups is 1. The standard InChI is InChI=1S/C23H26ClN7O4/c1-30-5-4-25-20-19-15(22(33)29-21(19)28-12-27-20)10-26-13-2-3-16(24)18(8-13)35-7-6-31-11-14(32)9-17(31)23(30)34/h2-3,8,10,12,14-15,17,32H,4-7,9,11H2,1H3,(H2,25,27,28,29,33)/t14-,15?,17-/m1/s1. The summed E-state index contributed by atoms with van der Waals surface area (Å²) < 4.78 is 5.91. The van der Waals surface area contributed by atoms with Crippen LogP contribution in [0.3, 0.4) is 0 Å². The smallest absolute Gasteiger partial charge is 0.239 e. The van der Waals surface area contributed by atoms with Crippen molar-refractivity contribution in [2.24, 2.45) is 4.99 Å². The van der Waals surface area contributed by atoms with E-state index in [0.717, 1.165) is 0 Å². The molecule has 1 aromatic carbocycles. The Hall–Kier alpha value is -3.28. The monoisotopic (exact) mass is 499 g/mol. The van der Waals surface area contributed by atoms with E-state index in [1.54, 1.807) is 36.4 Å². The molecule has 4 heterocycles. The Labute approximate surface area is 207 Å². The number of carbonyl (C=O) groups excluding carboxylic acids is 2. The summed E-state index contributed by atoms with van der Waals surface area (Å²) in [6.45, 7) is 1.98. The Bertz CT molecular complexity index is 1180. The van der Waals surface area contributed by atoms with Crippen LogP contribution in [0.4, 0.5) is 17.3 Å². The molecule has 2 amide bonds. The molecule has 3 aliphatic heterocycles. The van der Waals surface area contributed by atoms with E-state index in [-0.39, 0.29) is 18.4 Å². The summed E-state index contributed by atoms with van der Waals surface area (Å²) in [5.74, 6) is 0.381. The Morgan fingerprint density at radius 2 is 2.03 bits per heavy atom. The van der Waals surface area contributed by atoms with Crippen LogP contribution in [-0.2, 0) is 9.59 Å². The van der Waals surface area contributed by atoms with Crippen LogP contribution in [0, 0.1) is 0 Å². The molecule has 0 spiro atoms. The number of nitrogens with one attached hydrogen (secondary N) is 2. The second-order valence-corrected chi connectivity index (χ2v) is 9.19. The van der Waals surface area contributed by atoms with Gasteiger partial charge in [-0.05, 0) is 18.6 Å². The van der Waals surface area contributed by atoms with Gasteiger partial charge in [0.15, 0.2) is 0 Å². The highest BCUT2D eigenvalue weighted by molar-refractivity contribution is 6.32. The predicted octanol–water partition coefficient (Wildman–Crippen LogP) is 1.27. The van der Waals surface area contributed by atoms with Crippen molar-refractivity contribution in [3.63, 3.8) is 0 Å². The summed E-state index contributed by atoms with van der Waals surface area (Å²) >= 11 is 6.32. The maximum absolute atomic E-state index is 13.2. The van der Waals surface area contributed by atoms with Gasteiger partial charge in [-0.15, -0.1) is 0 Å². The largest absolute Gasteiger partial charge is 0.491 e. The first-order valence-corrected chi connectivity index (χ1v) is 11.8. The van der Waals surface area contributed by atoms with E-state index in [1.807, 2.05) is 4.90 Å². The normalized spacial score (nSPS) is 25.1. The molecule has 3 atom stereocenters. The lowest BCUT2D eigenvalue weighted by Gasteiger charge is -2.28. The Morgan fingerprint density at radius 3 is 2.89 bits per heavy atom. The van der Waals surface area contributed by atoms with E-state index in [0.29, 0.717) is 66.3 Å². The van der Waals surface area contributed by atoms with Crippen molar-refractivity contribution in [2.75, 3.05) is 50.5 Å². The third kappa shape index (κ3) is 4.79. The average molecular weight is 500 g/mol. The van der Waals surface area contributed by atoms with Crippen molar-refractivity contribution in [1.29, 1.82) is 0 Å². The molecule has 184 valence electrons. The number of fused-ring (bicyclic) bond motifs is 3. The van der Waals surface area contributed by atoms with E-state index in [9.17, 15) is 14.7 Å². The number of benzene rings is 1. The molecule has 2 aromatic rings. The van der Waals surface area contributed by atoms with E-state index in [4.69, 9.17) is 16.3 Å². The number of aliphatic hydroxyl groups is 1. The minimum absolute atomic E-state index is 0.0701. The molecule has 1 fully saturated rings. The third-order valence-corrected chi connectivity index (χ3v) is 6.74. The summed E-state index contributed by atoms with van der Waals surface area (Å²) in [6, 6.07) is 4.69. The van der Waals surface area contributed by atoms with Crippen LogP contribution in [0.15, 0.2) is 29.5 Å². The SMILES string of the molecule is CN1CCNc2ncnc3c2C(C=Nc2ccc(Cl)c(c2)OCCN2C[C@H](O)C[C@@H]2C1=O)C(=O)N3. The summed E-state index contributed by atoms with van der Waals surface area (Å²) in [4.78, 5) is 42.4. The molecule has 3 aliphatic rings. The molecule has 5 rings (SSSR count). The van der Waals surface area contributed by atoms with Gasteiger partial charge < -0.3 is 25.4 Å². The fourth-order valence-corrected chi connectivity index (χ4v) is 4.78. The number of likely N-dealkylation sites (N-methyl/N-ethyl adjacent to an activating group) is 1. The summed E-state index contributed by atoms with van der Waals surface area (Å²) in [5.41, 5.74) is 1.18. The van der Waals surface area contributed by atoms with Crippen LogP contribution in [0.2, 0.25) is 5.02 Å². The lowest BCUT2D eigenvalue weighted by atomic mass is 10.0. The Balaban J connectivity index is 1.48. The second kappa shape index (κ2) is 9.76. The van der Waals surface area contributed by atoms with Gasteiger partial charge in [0.25, 0.3) is 0 Å². The number of amides is 2. The maximum Gasteiger partial charge on any atom is 0.239 e. The van der Waals surface area contributed by atoms with Gasteiger partial charge in [0.05, 0.1) is 28.4 Å². The molecule has 0 saturated carbocycles. The third-order valence-electron chi connectivity index (χ3n) is 6.42. The zero-order valence-corrected chi connectivity index (χ0v) is 19.9. The number of anilines is 2. The minimum Gasteiger partial charge on any atom is -0.491 e. The first-order chi connectivity index (χ1) is 16.9. The fourth-order valence-electron chi connectivity index (χ4n) is 4.60. The van der Waals surface area contributed by atoms with Gasteiger partial charge in [-0.25, -0.2) is 9.97 Å². The molecule has 1 saturated heterocycles. The molecule has 12 heteroatoms. The fraction of sp³-hybridized carbons (Fsp3) is 0.435. The molecule has 1 unspecified atom stereocenters.